The molecule has 1 aromatic rings. The fourth-order valence-electron chi connectivity index (χ4n) is 2.51. The molecule has 0 atom stereocenters. The Labute approximate surface area is 100 Å². The zero-order valence-corrected chi connectivity index (χ0v) is 9.98. The van der Waals surface area contributed by atoms with E-state index in [1.54, 1.807) is 6.07 Å². The van der Waals surface area contributed by atoms with E-state index < -0.39 is 11.6 Å². The number of carboxylic acids is 1. The Morgan fingerprint density at radius 2 is 2.12 bits per heavy atom. The van der Waals surface area contributed by atoms with Gasteiger partial charge in [0.15, 0.2) is 0 Å². The average molecular weight is 238 g/mol. The molecule has 94 valence electrons. The third-order valence-electron chi connectivity index (χ3n) is 3.79. The van der Waals surface area contributed by atoms with E-state index >= 15 is 0 Å². The first-order chi connectivity index (χ1) is 8.05. The molecule has 1 aliphatic carbocycles. The second-order valence-electron chi connectivity index (χ2n) is 4.85. The molecule has 4 heteroatoms. The molecule has 4 nitrogen and oxygen atoms in total. The number of aromatic carboxylic acids is 1. The van der Waals surface area contributed by atoms with E-state index in [2.05, 4.69) is 6.92 Å². The maximum Gasteiger partial charge on any atom is 0.371 e. The van der Waals surface area contributed by atoms with Crippen molar-refractivity contribution in [3.63, 3.8) is 0 Å². The predicted octanol–water partition coefficient (Wildman–Crippen LogP) is 2.77. The highest BCUT2D eigenvalue weighted by atomic mass is 16.4. The van der Waals surface area contributed by atoms with Crippen LogP contribution in [0.3, 0.4) is 0 Å². The van der Waals surface area contributed by atoms with Gasteiger partial charge >= 0.3 is 5.97 Å². The van der Waals surface area contributed by atoms with Crippen LogP contribution >= 0.6 is 0 Å². The smallest absolute Gasteiger partial charge is 0.371 e. The van der Waals surface area contributed by atoms with Crippen LogP contribution in [0.25, 0.3) is 0 Å². The van der Waals surface area contributed by atoms with Crippen molar-refractivity contribution in [2.45, 2.75) is 44.6 Å². The molecular formula is C13H18O4. The number of furan rings is 1. The van der Waals surface area contributed by atoms with Crippen molar-refractivity contribution >= 4 is 5.97 Å². The summed E-state index contributed by atoms with van der Waals surface area (Å²) in [5, 5.41) is 19.2. The molecule has 1 aromatic heterocycles. The van der Waals surface area contributed by atoms with Gasteiger partial charge in [0.05, 0.1) is 0 Å². The lowest BCUT2D eigenvalue weighted by atomic mass is 9.77. The first-order valence-corrected chi connectivity index (χ1v) is 6.11. The summed E-state index contributed by atoms with van der Waals surface area (Å²) in [7, 11) is 0. The van der Waals surface area contributed by atoms with Gasteiger partial charge in [-0.15, -0.1) is 0 Å². The first-order valence-electron chi connectivity index (χ1n) is 6.11. The Morgan fingerprint density at radius 1 is 1.47 bits per heavy atom. The SMILES string of the molecule is CCC1CCC(O)(c2ccc(C(=O)O)o2)CC1. The Morgan fingerprint density at radius 3 is 2.59 bits per heavy atom. The lowest BCUT2D eigenvalue weighted by Crippen LogP contribution is -2.30. The third-order valence-corrected chi connectivity index (χ3v) is 3.79. The predicted molar refractivity (Wildman–Crippen MR) is 61.8 cm³/mol. The van der Waals surface area contributed by atoms with Crippen molar-refractivity contribution in [2.24, 2.45) is 5.92 Å². The summed E-state index contributed by atoms with van der Waals surface area (Å²) >= 11 is 0. The highest BCUT2D eigenvalue weighted by Gasteiger charge is 2.37. The van der Waals surface area contributed by atoms with Crippen LogP contribution in [0.2, 0.25) is 0 Å². The second kappa shape index (κ2) is 4.53. The van der Waals surface area contributed by atoms with E-state index in [0.29, 0.717) is 24.5 Å². The van der Waals surface area contributed by atoms with Gasteiger partial charge in [-0.25, -0.2) is 4.79 Å². The average Bonchev–Trinajstić information content (AvgIpc) is 2.80. The zero-order chi connectivity index (χ0) is 12.5. The molecule has 2 rings (SSSR count). The summed E-state index contributed by atoms with van der Waals surface area (Å²) in [5.41, 5.74) is -0.973. The molecule has 0 bridgehead atoms. The first kappa shape index (κ1) is 12.2. The standard InChI is InChI=1S/C13H18O4/c1-2-9-5-7-13(16,8-6-9)11-4-3-10(17-11)12(14)15/h3-4,9,16H,2,5-8H2,1H3,(H,14,15). The number of hydrogen-bond donors (Lipinski definition) is 2. The van der Waals surface area contributed by atoms with Crippen LogP contribution in [0.5, 0.6) is 0 Å². The van der Waals surface area contributed by atoms with Crippen LogP contribution in [0.1, 0.15) is 55.3 Å². The van der Waals surface area contributed by atoms with Gasteiger partial charge in [0.25, 0.3) is 0 Å². The molecule has 2 N–H and O–H groups in total. The molecule has 1 aliphatic rings. The van der Waals surface area contributed by atoms with E-state index in [1.807, 2.05) is 0 Å². The van der Waals surface area contributed by atoms with Crippen molar-refractivity contribution in [1.29, 1.82) is 0 Å². The van der Waals surface area contributed by atoms with Crippen LogP contribution in [0.4, 0.5) is 0 Å². The van der Waals surface area contributed by atoms with Gasteiger partial charge in [-0.2, -0.15) is 0 Å². The number of aliphatic hydroxyl groups is 1. The molecule has 0 spiro atoms. The van der Waals surface area contributed by atoms with Crippen molar-refractivity contribution < 1.29 is 19.4 Å². The third kappa shape index (κ3) is 2.36. The maximum atomic E-state index is 10.7. The van der Waals surface area contributed by atoms with Gasteiger partial charge in [0, 0.05) is 0 Å². The summed E-state index contributed by atoms with van der Waals surface area (Å²) in [6, 6.07) is 2.98. The van der Waals surface area contributed by atoms with E-state index in [4.69, 9.17) is 9.52 Å². The molecule has 0 unspecified atom stereocenters. The van der Waals surface area contributed by atoms with E-state index in [-0.39, 0.29) is 5.76 Å². The van der Waals surface area contributed by atoms with Gasteiger partial charge in [0.2, 0.25) is 5.76 Å². The summed E-state index contributed by atoms with van der Waals surface area (Å²) in [4.78, 5) is 10.7. The normalized spacial score (nSPS) is 29.2. The van der Waals surface area contributed by atoms with E-state index in [9.17, 15) is 9.90 Å². The fraction of sp³-hybridized carbons (Fsp3) is 0.615. The monoisotopic (exact) mass is 238 g/mol. The molecule has 1 fully saturated rings. The Balaban J connectivity index is 2.13. The van der Waals surface area contributed by atoms with Crippen LogP contribution in [-0.4, -0.2) is 16.2 Å². The van der Waals surface area contributed by atoms with E-state index in [1.165, 1.54) is 6.07 Å². The van der Waals surface area contributed by atoms with Crippen LogP contribution in [0.15, 0.2) is 16.5 Å². The minimum Gasteiger partial charge on any atom is -0.475 e. The van der Waals surface area contributed by atoms with Crippen molar-refractivity contribution in [1.82, 2.24) is 0 Å². The number of rotatable bonds is 3. The number of hydrogen-bond acceptors (Lipinski definition) is 3. The van der Waals surface area contributed by atoms with Crippen molar-refractivity contribution in [2.75, 3.05) is 0 Å². The van der Waals surface area contributed by atoms with Crippen molar-refractivity contribution in [3.8, 4) is 0 Å². The molecular weight excluding hydrogens is 220 g/mol. The van der Waals surface area contributed by atoms with Gasteiger partial charge < -0.3 is 14.6 Å². The molecule has 1 heterocycles. The Kier molecular flexibility index (Phi) is 3.24. The molecule has 0 radical (unpaired) electrons. The van der Waals surface area contributed by atoms with Crippen LogP contribution < -0.4 is 0 Å². The molecule has 0 saturated heterocycles. The molecule has 0 aliphatic heterocycles. The van der Waals surface area contributed by atoms with Crippen LogP contribution in [0, 0.1) is 5.92 Å². The lowest BCUT2D eigenvalue weighted by Gasteiger charge is -2.34. The summed E-state index contributed by atoms with van der Waals surface area (Å²) < 4.78 is 5.21. The summed E-state index contributed by atoms with van der Waals surface area (Å²) in [6.07, 6.45) is 4.37. The van der Waals surface area contributed by atoms with Crippen LogP contribution in [-0.2, 0) is 5.60 Å². The topological polar surface area (TPSA) is 70.7 Å². The lowest BCUT2D eigenvalue weighted by molar-refractivity contribution is -0.0330. The highest BCUT2D eigenvalue weighted by Crippen LogP contribution is 2.40. The minimum absolute atomic E-state index is 0.106. The van der Waals surface area contributed by atoms with Crippen molar-refractivity contribution in [3.05, 3.63) is 23.7 Å². The summed E-state index contributed by atoms with van der Waals surface area (Å²) in [6.45, 7) is 2.16. The molecule has 0 amide bonds. The van der Waals surface area contributed by atoms with Gasteiger partial charge in [-0.05, 0) is 43.7 Å². The van der Waals surface area contributed by atoms with Gasteiger partial charge in [-0.3, -0.25) is 0 Å². The van der Waals surface area contributed by atoms with E-state index in [0.717, 1.165) is 19.3 Å². The van der Waals surface area contributed by atoms with Gasteiger partial charge in [-0.1, -0.05) is 13.3 Å². The molecule has 1 saturated carbocycles. The second-order valence-corrected chi connectivity index (χ2v) is 4.85. The fourth-order valence-corrected chi connectivity index (χ4v) is 2.51. The zero-order valence-electron chi connectivity index (χ0n) is 9.98. The highest BCUT2D eigenvalue weighted by molar-refractivity contribution is 5.84. The number of carboxylic acid groups (broad SMARTS) is 1. The largest absolute Gasteiger partial charge is 0.475 e. The van der Waals surface area contributed by atoms with Gasteiger partial charge in [0.1, 0.15) is 11.4 Å². The summed E-state index contributed by atoms with van der Waals surface area (Å²) in [5.74, 6) is -0.137. The Bertz CT molecular complexity index is 399. The number of carbonyl (C=O) groups is 1. The Hall–Kier alpha value is -1.29. The maximum absolute atomic E-state index is 10.7. The molecule has 0 aromatic carbocycles. The quantitative estimate of drug-likeness (QED) is 0.849. The molecule has 17 heavy (non-hydrogen) atoms. The minimum atomic E-state index is -1.10.